The molecule has 6 N–H and O–H groups in total. The van der Waals surface area contributed by atoms with Gasteiger partial charge in [-0.15, -0.1) is 0 Å². The van der Waals surface area contributed by atoms with Crippen LogP contribution in [0.4, 0.5) is 10.5 Å². The molecular formula is C28H34N6O7. The van der Waals surface area contributed by atoms with Crippen LogP contribution in [0.2, 0.25) is 0 Å². The van der Waals surface area contributed by atoms with Gasteiger partial charge < -0.3 is 20.7 Å². The number of aromatic nitrogens is 2. The van der Waals surface area contributed by atoms with E-state index < -0.39 is 58.7 Å². The molecule has 3 rings (SSSR count). The zero-order valence-electron chi connectivity index (χ0n) is 23.4. The first-order valence-electron chi connectivity index (χ1n) is 12.9. The first-order chi connectivity index (χ1) is 19.2. The number of carbonyl (C=O) groups excluding carboxylic acids is 4. The van der Waals surface area contributed by atoms with E-state index in [9.17, 15) is 28.8 Å². The molecule has 0 aliphatic carbocycles. The highest BCUT2D eigenvalue weighted by Gasteiger charge is 2.27. The van der Waals surface area contributed by atoms with Crippen LogP contribution in [0.15, 0.2) is 58.1 Å². The van der Waals surface area contributed by atoms with Crippen LogP contribution in [0.25, 0.3) is 10.8 Å². The molecular weight excluding hydrogens is 532 g/mol. The third-order valence-corrected chi connectivity index (χ3v) is 5.86. The van der Waals surface area contributed by atoms with Crippen molar-refractivity contribution in [2.24, 2.45) is 0 Å². The van der Waals surface area contributed by atoms with E-state index in [1.165, 1.54) is 26.0 Å². The van der Waals surface area contributed by atoms with Gasteiger partial charge in [-0.3, -0.25) is 39.5 Å². The molecule has 3 atom stereocenters. The maximum atomic E-state index is 13.2. The van der Waals surface area contributed by atoms with Crippen LogP contribution in [0.1, 0.15) is 40.2 Å². The smallest absolute Gasteiger partial charge is 0.408 e. The second-order valence-corrected chi connectivity index (χ2v) is 10.5. The fraction of sp³-hybridized carbons (Fsp3) is 0.357. The Morgan fingerprint density at radius 2 is 1.41 bits per heavy atom. The molecule has 0 aliphatic heterocycles. The molecule has 1 aromatic heterocycles. The largest absolute Gasteiger partial charge is 0.444 e. The summed E-state index contributed by atoms with van der Waals surface area (Å²) in [6.45, 7) is 7.87. The van der Waals surface area contributed by atoms with E-state index in [4.69, 9.17) is 4.74 Å². The molecule has 218 valence electrons. The van der Waals surface area contributed by atoms with Crippen molar-refractivity contribution in [1.82, 2.24) is 26.1 Å². The van der Waals surface area contributed by atoms with Gasteiger partial charge in [0.25, 0.3) is 11.1 Å². The van der Waals surface area contributed by atoms with Crippen LogP contribution in [0.3, 0.4) is 0 Å². The molecule has 0 spiro atoms. The second-order valence-electron chi connectivity index (χ2n) is 10.5. The van der Waals surface area contributed by atoms with Crippen molar-refractivity contribution in [2.75, 3.05) is 5.32 Å². The minimum Gasteiger partial charge on any atom is -0.444 e. The molecule has 0 radical (unpaired) electrons. The number of aromatic amines is 2. The highest BCUT2D eigenvalue weighted by molar-refractivity contribution is 6.02. The summed E-state index contributed by atoms with van der Waals surface area (Å²) in [6, 6.07) is 10.4. The zero-order valence-corrected chi connectivity index (χ0v) is 23.4. The molecule has 4 amide bonds. The molecule has 2 aromatic carbocycles. The molecule has 0 saturated carbocycles. The number of imide groups is 1. The lowest BCUT2D eigenvalue weighted by Gasteiger charge is -2.23. The minimum atomic E-state index is -1.11. The second kappa shape index (κ2) is 12.9. The van der Waals surface area contributed by atoms with E-state index in [1.807, 2.05) is 18.2 Å². The van der Waals surface area contributed by atoms with Gasteiger partial charge in [0, 0.05) is 12.1 Å². The maximum Gasteiger partial charge on any atom is 0.408 e. The summed E-state index contributed by atoms with van der Waals surface area (Å²) in [5, 5.41) is 15.0. The van der Waals surface area contributed by atoms with Gasteiger partial charge in [-0.2, -0.15) is 0 Å². The molecule has 0 saturated heterocycles. The van der Waals surface area contributed by atoms with Crippen LogP contribution in [0, 0.1) is 0 Å². The lowest BCUT2D eigenvalue weighted by Crippen LogP contribution is -2.54. The third-order valence-electron chi connectivity index (χ3n) is 5.86. The molecule has 0 unspecified atom stereocenters. The number of nitrogens with one attached hydrogen (secondary N) is 6. The van der Waals surface area contributed by atoms with Crippen LogP contribution < -0.4 is 32.4 Å². The number of H-pyrrole nitrogens is 2. The predicted octanol–water partition coefficient (Wildman–Crippen LogP) is 1.30. The van der Waals surface area contributed by atoms with Crippen molar-refractivity contribution in [3.63, 3.8) is 0 Å². The van der Waals surface area contributed by atoms with E-state index in [1.54, 1.807) is 39.0 Å². The summed E-state index contributed by atoms with van der Waals surface area (Å²) in [5.74, 6) is -2.10. The highest BCUT2D eigenvalue weighted by atomic mass is 16.6. The fourth-order valence-electron chi connectivity index (χ4n) is 3.80. The summed E-state index contributed by atoms with van der Waals surface area (Å²) in [7, 11) is 0. The van der Waals surface area contributed by atoms with Crippen LogP contribution in [0.5, 0.6) is 0 Å². The van der Waals surface area contributed by atoms with Crippen LogP contribution in [-0.4, -0.2) is 57.7 Å². The summed E-state index contributed by atoms with van der Waals surface area (Å²) in [6.07, 6.45) is -0.607. The molecule has 13 heteroatoms. The predicted molar refractivity (Wildman–Crippen MR) is 152 cm³/mol. The van der Waals surface area contributed by atoms with E-state index in [-0.39, 0.29) is 17.2 Å². The van der Waals surface area contributed by atoms with Crippen LogP contribution in [-0.2, 0) is 25.5 Å². The van der Waals surface area contributed by atoms with Crippen molar-refractivity contribution in [2.45, 2.75) is 64.8 Å². The quantitative estimate of drug-likeness (QED) is 0.223. The fourth-order valence-corrected chi connectivity index (χ4v) is 3.80. The highest BCUT2D eigenvalue weighted by Crippen LogP contribution is 2.16. The Hall–Kier alpha value is -4.94. The number of carbonyl (C=O) groups is 4. The SMILES string of the molecule is C[C@H](NC(=O)OC(C)(C)C)C(=O)N[C@@H](C)C(=O)NC(=O)[C@H](Cc1ccccc1)Nc1ccc2c(=O)[nH][nH]c(=O)c2c1. The van der Waals surface area contributed by atoms with Gasteiger partial charge in [0.1, 0.15) is 23.7 Å². The topological polar surface area (TPSA) is 191 Å². The summed E-state index contributed by atoms with van der Waals surface area (Å²) in [5.41, 5.74) is -0.561. The van der Waals surface area contributed by atoms with E-state index in [2.05, 4.69) is 31.5 Å². The average molecular weight is 567 g/mol. The summed E-state index contributed by atoms with van der Waals surface area (Å²) >= 11 is 0. The number of fused-ring (bicyclic) bond motifs is 1. The molecule has 0 aliphatic rings. The van der Waals surface area contributed by atoms with Crippen molar-refractivity contribution >= 4 is 40.3 Å². The number of hydrogen-bond acceptors (Lipinski definition) is 8. The average Bonchev–Trinajstić information content (AvgIpc) is 2.89. The Bertz CT molecular complexity index is 1540. The number of ether oxygens (including phenoxy) is 1. The molecule has 0 bridgehead atoms. The maximum absolute atomic E-state index is 13.2. The Labute approximate surface area is 235 Å². The molecule has 1 heterocycles. The van der Waals surface area contributed by atoms with Gasteiger partial charge in [-0.05, 0) is 58.4 Å². The first-order valence-corrected chi connectivity index (χ1v) is 12.9. The normalized spacial score (nSPS) is 13.4. The van der Waals surface area contributed by atoms with Crippen molar-refractivity contribution in [1.29, 1.82) is 0 Å². The monoisotopic (exact) mass is 566 g/mol. The minimum absolute atomic E-state index is 0.124. The van der Waals surface area contributed by atoms with Crippen molar-refractivity contribution < 1.29 is 23.9 Å². The number of hydrogen-bond donors (Lipinski definition) is 6. The lowest BCUT2D eigenvalue weighted by atomic mass is 10.0. The standard InChI is InChI=1S/C28H34N6O7/c1-15(29-22(35)16(2)30-27(40)41-28(3,4)5)23(36)32-26(39)21(13-17-9-7-6-8-10-17)31-18-11-12-19-20(14-18)25(38)34-33-24(19)37/h6-12,14-16,21,31H,13H2,1-5H3,(H,29,35)(H,30,40)(H,33,37)(H,34,38)(H,32,36,39)/t15-,16-,21-/m0/s1. The first kappa shape index (κ1) is 30.6. The number of alkyl carbamates (subject to hydrolysis) is 1. The molecule has 13 nitrogen and oxygen atoms in total. The van der Waals surface area contributed by atoms with E-state index in [0.717, 1.165) is 5.56 Å². The Balaban J connectivity index is 1.70. The van der Waals surface area contributed by atoms with Crippen molar-refractivity contribution in [3.8, 4) is 0 Å². The number of amides is 4. The number of benzene rings is 2. The Morgan fingerprint density at radius 3 is 2.05 bits per heavy atom. The lowest BCUT2D eigenvalue weighted by molar-refractivity contribution is -0.134. The van der Waals surface area contributed by atoms with Gasteiger partial charge in [-0.1, -0.05) is 30.3 Å². The van der Waals surface area contributed by atoms with Gasteiger partial charge in [0.2, 0.25) is 17.7 Å². The number of anilines is 1. The van der Waals surface area contributed by atoms with Gasteiger partial charge in [-0.25, -0.2) is 4.79 Å². The van der Waals surface area contributed by atoms with E-state index >= 15 is 0 Å². The zero-order chi connectivity index (χ0) is 30.3. The van der Waals surface area contributed by atoms with E-state index in [0.29, 0.717) is 5.69 Å². The van der Waals surface area contributed by atoms with Gasteiger partial charge in [0.05, 0.1) is 10.8 Å². The molecule has 3 aromatic rings. The summed E-state index contributed by atoms with van der Waals surface area (Å²) < 4.78 is 5.13. The number of rotatable bonds is 9. The third kappa shape index (κ3) is 8.78. The summed E-state index contributed by atoms with van der Waals surface area (Å²) in [4.78, 5) is 74.8. The Morgan fingerprint density at radius 1 is 0.805 bits per heavy atom. The Kier molecular flexibility index (Phi) is 9.66. The van der Waals surface area contributed by atoms with Crippen molar-refractivity contribution in [3.05, 3.63) is 74.8 Å². The van der Waals surface area contributed by atoms with Gasteiger partial charge in [0.15, 0.2) is 0 Å². The van der Waals surface area contributed by atoms with Gasteiger partial charge >= 0.3 is 6.09 Å². The molecule has 0 fully saturated rings. The molecule has 41 heavy (non-hydrogen) atoms. The van der Waals surface area contributed by atoms with Crippen LogP contribution >= 0.6 is 0 Å².